The van der Waals surface area contributed by atoms with Crippen molar-refractivity contribution >= 4 is 34.9 Å². The van der Waals surface area contributed by atoms with E-state index in [9.17, 15) is 27.6 Å². The number of nitrogens with zero attached hydrogens (tertiary/aromatic N) is 3. The number of methoxy groups -OCH3 is 1. The average Bonchev–Trinajstić information content (AvgIpc) is 3.33. The van der Waals surface area contributed by atoms with Gasteiger partial charge in [0.1, 0.15) is 11.3 Å². The summed E-state index contributed by atoms with van der Waals surface area (Å²) < 4.78 is 52.2. The van der Waals surface area contributed by atoms with E-state index < -0.39 is 29.3 Å². The molecule has 2 fully saturated rings. The molecular formula is C28H34ClF3N4O5. The maximum atomic E-state index is 14.9. The maximum absolute atomic E-state index is 14.9. The molecule has 0 atom stereocenters. The highest BCUT2D eigenvalue weighted by Crippen LogP contribution is 2.41. The van der Waals surface area contributed by atoms with Gasteiger partial charge in [0.15, 0.2) is 11.6 Å². The number of aromatic nitrogens is 2. The van der Waals surface area contributed by atoms with Crippen LogP contribution in [0.2, 0.25) is 5.02 Å². The van der Waals surface area contributed by atoms with Crippen LogP contribution in [0.25, 0.3) is 0 Å². The molecule has 0 spiro atoms. The van der Waals surface area contributed by atoms with E-state index in [0.29, 0.717) is 45.3 Å². The summed E-state index contributed by atoms with van der Waals surface area (Å²) in [4.78, 5) is 40.8. The number of benzene rings is 1. The Hall–Kier alpha value is -3.12. The average molecular weight is 599 g/mol. The molecular weight excluding hydrogens is 565 g/mol. The fraction of sp³-hybridized carbons (Fsp3) is 0.571. The van der Waals surface area contributed by atoms with Gasteiger partial charge in [-0.05, 0) is 43.7 Å². The van der Waals surface area contributed by atoms with Crippen molar-refractivity contribution in [3.05, 3.63) is 40.9 Å². The van der Waals surface area contributed by atoms with Crippen LogP contribution in [0.4, 0.5) is 18.9 Å². The monoisotopic (exact) mass is 598 g/mol. The number of carbonyl (C=O) groups is 3. The van der Waals surface area contributed by atoms with Crippen LogP contribution in [0.1, 0.15) is 64.0 Å². The molecule has 41 heavy (non-hydrogen) atoms. The summed E-state index contributed by atoms with van der Waals surface area (Å²) in [6.45, 7) is 1.47. The maximum Gasteiger partial charge on any atom is 0.387 e. The zero-order valence-corrected chi connectivity index (χ0v) is 24.0. The van der Waals surface area contributed by atoms with Crippen LogP contribution in [0.5, 0.6) is 5.75 Å². The highest BCUT2D eigenvalue weighted by Gasteiger charge is 2.49. The molecule has 0 unspecified atom stereocenters. The molecule has 1 N–H and O–H groups in total. The first-order chi connectivity index (χ1) is 19.4. The molecule has 0 bridgehead atoms. The summed E-state index contributed by atoms with van der Waals surface area (Å²) in [5.74, 6) is -2.01. The topological polar surface area (TPSA) is 103 Å². The van der Waals surface area contributed by atoms with E-state index >= 15 is 0 Å². The first-order valence-corrected chi connectivity index (χ1v) is 13.9. The van der Waals surface area contributed by atoms with Gasteiger partial charge in [-0.3, -0.25) is 19.1 Å². The number of ketones is 1. The lowest BCUT2D eigenvalue weighted by molar-refractivity contribution is -0.158. The molecule has 1 aliphatic heterocycles. The molecule has 0 radical (unpaired) electrons. The number of carbonyl (C=O) groups excluding carboxylic acids is 3. The van der Waals surface area contributed by atoms with Crippen molar-refractivity contribution in [3.8, 4) is 5.75 Å². The Kier molecular flexibility index (Phi) is 9.32. The van der Waals surface area contributed by atoms with Crippen molar-refractivity contribution in [3.63, 3.8) is 0 Å². The summed E-state index contributed by atoms with van der Waals surface area (Å²) in [5, 5.41) is 7.10. The number of Topliss-reactive ketones (excluding diaryl/α,β-unsaturated/α-hetero) is 1. The van der Waals surface area contributed by atoms with Crippen molar-refractivity contribution in [2.24, 2.45) is 5.41 Å². The summed E-state index contributed by atoms with van der Waals surface area (Å²) in [6, 6.07) is 3.96. The number of nitrogens with one attached hydrogen (secondary N) is 1. The van der Waals surface area contributed by atoms with Crippen LogP contribution in [0.15, 0.2) is 24.4 Å². The van der Waals surface area contributed by atoms with Crippen LogP contribution < -0.4 is 10.1 Å². The molecule has 2 heterocycles. The van der Waals surface area contributed by atoms with Crippen LogP contribution in [0.3, 0.4) is 0 Å². The fourth-order valence-electron chi connectivity index (χ4n) is 5.93. The van der Waals surface area contributed by atoms with Crippen molar-refractivity contribution < 1.29 is 37.0 Å². The number of esters is 1. The number of likely N-dealkylation sites (tertiary alicyclic amines) is 1. The Labute approximate surface area is 241 Å². The lowest BCUT2D eigenvalue weighted by atomic mass is 9.72. The summed E-state index contributed by atoms with van der Waals surface area (Å²) >= 11 is 5.96. The van der Waals surface area contributed by atoms with E-state index in [1.165, 1.54) is 30.0 Å². The molecule has 4 rings (SSSR count). The Morgan fingerprint density at radius 2 is 1.80 bits per heavy atom. The molecule has 1 saturated heterocycles. The number of piperidine rings is 1. The quantitative estimate of drug-likeness (QED) is 0.399. The van der Waals surface area contributed by atoms with Gasteiger partial charge in [-0.2, -0.15) is 13.9 Å². The van der Waals surface area contributed by atoms with Gasteiger partial charge < -0.3 is 19.7 Å². The lowest BCUT2D eigenvalue weighted by Gasteiger charge is -2.45. The van der Waals surface area contributed by atoms with E-state index in [2.05, 4.69) is 15.2 Å². The van der Waals surface area contributed by atoms with Gasteiger partial charge in [-0.25, -0.2) is 4.39 Å². The largest absolute Gasteiger partial charge is 0.469 e. The van der Waals surface area contributed by atoms with E-state index in [1.807, 2.05) is 4.90 Å². The summed E-state index contributed by atoms with van der Waals surface area (Å²) in [5.41, 5.74) is -1.98. The van der Waals surface area contributed by atoms with Gasteiger partial charge in [-0.15, -0.1) is 0 Å². The minimum Gasteiger partial charge on any atom is -0.469 e. The zero-order chi connectivity index (χ0) is 29.9. The molecule has 2 aromatic rings. The third-order valence-corrected chi connectivity index (χ3v) is 8.37. The van der Waals surface area contributed by atoms with Crippen LogP contribution in [-0.2, 0) is 24.7 Å². The number of alkyl halides is 2. The van der Waals surface area contributed by atoms with Gasteiger partial charge in [0.05, 0.1) is 30.1 Å². The van der Waals surface area contributed by atoms with E-state index in [1.54, 1.807) is 13.8 Å². The molecule has 1 aromatic carbocycles. The van der Waals surface area contributed by atoms with E-state index in [-0.39, 0.29) is 52.7 Å². The molecule has 1 saturated carbocycles. The molecule has 1 aromatic heterocycles. The molecule has 1 amide bonds. The molecule has 2 aliphatic rings. The minimum absolute atomic E-state index is 0.0169. The summed E-state index contributed by atoms with van der Waals surface area (Å²) in [7, 11) is 1.33. The number of hydrogen-bond acceptors (Lipinski definition) is 7. The molecule has 9 nitrogen and oxygen atoms in total. The second-order valence-electron chi connectivity index (χ2n) is 11.0. The van der Waals surface area contributed by atoms with Crippen LogP contribution >= 0.6 is 11.6 Å². The van der Waals surface area contributed by atoms with Crippen molar-refractivity contribution in [1.29, 1.82) is 0 Å². The molecule has 224 valence electrons. The SMILES string of the molecule is COC(=O)C1(CN2CCC(C(=O)Nc3ccc(Cl)cc3OC(F)F)(n3ncc(F)c3C(C)C)CC2)CCC(=O)CC1. The third kappa shape index (κ3) is 6.38. The van der Waals surface area contributed by atoms with Crippen LogP contribution in [0, 0.1) is 11.2 Å². The number of ether oxygens (including phenoxy) is 2. The number of halogens is 4. The molecule has 1 aliphatic carbocycles. The Balaban J connectivity index is 1.64. The smallest absolute Gasteiger partial charge is 0.387 e. The van der Waals surface area contributed by atoms with Gasteiger partial charge in [0.25, 0.3) is 5.91 Å². The lowest BCUT2D eigenvalue weighted by Crippen LogP contribution is -2.56. The first-order valence-electron chi connectivity index (χ1n) is 13.5. The van der Waals surface area contributed by atoms with Crippen molar-refractivity contribution in [2.45, 2.75) is 70.4 Å². The number of rotatable bonds is 9. The van der Waals surface area contributed by atoms with E-state index in [4.69, 9.17) is 16.3 Å². The van der Waals surface area contributed by atoms with Gasteiger partial charge >= 0.3 is 12.6 Å². The Bertz CT molecular complexity index is 1280. The highest BCUT2D eigenvalue weighted by molar-refractivity contribution is 6.30. The Morgan fingerprint density at radius 1 is 1.15 bits per heavy atom. The van der Waals surface area contributed by atoms with Gasteiger partial charge in [0, 0.05) is 43.6 Å². The number of hydrogen-bond donors (Lipinski definition) is 1. The standard InChI is InChI=1S/C28H34ClF3N4O5/c1-17(2)23-20(30)15-33-36(23)28(24(38)34-21-5-4-18(29)14-22(21)41-26(31)32)10-12-35(13-11-28)16-27(25(39)40-3)8-6-19(37)7-9-27/h4-5,14-15,17,26H,6-13,16H2,1-3H3,(H,34,38). The second-order valence-corrected chi connectivity index (χ2v) is 11.5. The van der Waals surface area contributed by atoms with E-state index in [0.717, 1.165) is 6.20 Å². The predicted molar refractivity (Wildman–Crippen MR) is 145 cm³/mol. The van der Waals surface area contributed by atoms with Crippen LogP contribution in [-0.4, -0.2) is 65.7 Å². The van der Waals surface area contributed by atoms with Crippen molar-refractivity contribution in [2.75, 3.05) is 32.1 Å². The second kappa shape index (κ2) is 12.4. The highest BCUT2D eigenvalue weighted by atomic mass is 35.5. The fourth-order valence-corrected chi connectivity index (χ4v) is 6.09. The summed E-state index contributed by atoms with van der Waals surface area (Å²) in [6.07, 6.45) is 2.80. The normalized spacial score (nSPS) is 18.9. The molecule has 13 heteroatoms. The first kappa shape index (κ1) is 30.8. The van der Waals surface area contributed by atoms with Gasteiger partial charge in [0.2, 0.25) is 0 Å². The Morgan fingerprint density at radius 3 is 2.39 bits per heavy atom. The number of amides is 1. The minimum atomic E-state index is -3.15. The van der Waals surface area contributed by atoms with Gasteiger partial charge in [-0.1, -0.05) is 25.4 Å². The zero-order valence-electron chi connectivity index (χ0n) is 23.2. The predicted octanol–water partition coefficient (Wildman–Crippen LogP) is 5.13. The third-order valence-electron chi connectivity index (χ3n) is 8.14. The number of anilines is 1. The van der Waals surface area contributed by atoms with Crippen molar-refractivity contribution in [1.82, 2.24) is 14.7 Å².